The zero-order chi connectivity index (χ0) is 16.1. The van der Waals surface area contributed by atoms with Gasteiger partial charge in [-0.2, -0.15) is 10.1 Å². The maximum Gasteiger partial charge on any atom is 0.245 e. The van der Waals surface area contributed by atoms with Crippen LogP contribution in [-0.4, -0.2) is 15.2 Å². The highest BCUT2D eigenvalue weighted by molar-refractivity contribution is 5.60. The van der Waals surface area contributed by atoms with Crippen molar-refractivity contribution in [2.24, 2.45) is 0 Å². The second kappa shape index (κ2) is 6.87. The molecule has 0 saturated heterocycles. The first-order valence-electron chi connectivity index (χ1n) is 7.56. The molecule has 5 heteroatoms. The molecule has 5 nitrogen and oxygen atoms in total. The lowest BCUT2D eigenvalue weighted by atomic mass is 10.1. The summed E-state index contributed by atoms with van der Waals surface area (Å²) in [4.78, 5) is 4.48. The number of hydrogen-bond acceptors (Lipinski definition) is 5. The number of nitrogens with zero attached hydrogens (tertiary/aromatic N) is 3. The fraction of sp³-hybridized carbons (Fsp3) is 0.167. The van der Waals surface area contributed by atoms with Crippen LogP contribution in [0.2, 0.25) is 0 Å². The van der Waals surface area contributed by atoms with Crippen LogP contribution in [0, 0.1) is 6.92 Å². The van der Waals surface area contributed by atoms with Crippen molar-refractivity contribution in [1.82, 2.24) is 15.2 Å². The average molecular weight is 305 g/mol. The summed E-state index contributed by atoms with van der Waals surface area (Å²) >= 11 is 0. The topological polar surface area (TPSA) is 62.7 Å². The van der Waals surface area contributed by atoms with Gasteiger partial charge in [-0.1, -0.05) is 48.5 Å². The Bertz CT molecular complexity index is 773. The Hall–Kier alpha value is -2.95. The predicted molar refractivity (Wildman–Crippen MR) is 92.8 cm³/mol. The molecule has 0 aliphatic carbocycles. The van der Waals surface area contributed by atoms with Crippen LogP contribution in [0.3, 0.4) is 0 Å². The first-order chi connectivity index (χ1) is 11.2. The van der Waals surface area contributed by atoms with Crippen LogP contribution in [-0.2, 0) is 0 Å². The zero-order valence-electron chi connectivity index (χ0n) is 13.2. The van der Waals surface area contributed by atoms with Crippen molar-refractivity contribution in [3.05, 3.63) is 71.9 Å². The first kappa shape index (κ1) is 15.0. The normalized spacial score (nSPS) is 11.7. The lowest BCUT2D eigenvalue weighted by molar-refractivity contribution is 0.841. The Balaban J connectivity index is 1.74. The highest BCUT2D eigenvalue weighted by Crippen LogP contribution is 2.20. The summed E-state index contributed by atoms with van der Waals surface area (Å²) in [5.41, 5.74) is 3.33. The fourth-order valence-corrected chi connectivity index (χ4v) is 2.29. The molecule has 0 fully saturated rings. The van der Waals surface area contributed by atoms with E-state index in [9.17, 15) is 0 Å². The fourth-order valence-electron chi connectivity index (χ4n) is 2.29. The van der Waals surface area contributed by atoms with Gasteiger partial charge < -0.3 is 10.6 Å². The highest BCUT2D eigenvalue weighted by Gasteiger charge is 2.08. The van der Waals surface area contributed by atoms with E-state index in [1.807, 2.05) is 49.4 Å². The van der Waals surface area contributed by atoms with Crippen molar-refractivity contribution in [3.63, 3.8) is 0 Å². The molecule has 0 saturated carbocycles. The predicted octanol–water partition coefficient (Wildman–Crippen LogP) is 4.10. The van der Waals surface area contributed by atoms with Crippen LogP contribution in [0.5, 0.6) is 0 Å². The summed E-state index contributed by atoms with van der Waals surface area (Å²) in [6, 6.07) is 18.3. The monoisotopic (exact) mass is 305 g/mol. The highest BCUT2D eigenvalue weighted by atomic mass is 15.3. The lowest BCUT2D eigenvalue weighted by Gasteiger charge is -2.14. The van der Waals surface area contributed by atoms with E-state index >= 15 is 0 Å². The van der Waals surface area contributed by atoms with E-state index in [1.54, 1.807) is 6.20 Å². The number of hydrogen-bond donors (Lipinski definition) is 2. The molecular formula is C18H19N5. The van der Waals surface area contributed by atoms with Crippen LogP contribution in [0.15, 0.2) is 60.8 Å². The summed E-state index contributed by atoms with van der Waals surface area (Å²) in [6.45, 7) is 4.12. The van der Waals surface area contributed by atoms with Crippen LogP contribution in [0.4, 0.5) is 17.5 Å². The van der Waals surface area contributed by atoms with Crippen molar-refractivity contribution < 1.29 is 0 Å². The molecule has 116 valence electrons. The Morgan fingerprint density at radius 2 is 1.70 bits per heavy atom. The molecule has 1 aromatic heterocycles. The van der Waals surface area contributed by atoms with Crippen LogP contribution in [0.1, 0.15) is 24.1 Å². The van der Waals surface area contributed by atoms with Gasteiger partial charge in [-0.05, 0) is 31.0 Å². The van der Waals surface area contributed by atoms with Gasteiger partial charge in [0.05, 0.1) is 12.2 Å². The number of benzene rings is 2. The molecule has 0 aliphatic rings. The van der Waals surface area contributed by atoms with Gasteiger partial charge in [0.15, 0.2) is 5.82 Å². The van der Waals surface area contributed by atoms with E-state index in [-0.39, 0.29) is 6.04 Å². The molecule has 0 amide bonds. The van der Waals surface area contributed by atoms with Gasteiger partial charge in [0.1, 0.15) is 0 Å². The van der Waals surface area contributed by atoms with Crippen molar-refractivity contribution in [2.75, 3.05) is 10.6 Å². The molecule has 23 heavy (non-hydrogen) atoms. The zero-order valence-corrected chi connectivity index (χ0v) is 13.2. The second-order valence-electron chi connectivity index (χ2n) is 5.38. The number of nitrogens with one attached hydrogen (secondary N) is 2. The van der Waals surface area contributed by atoms with Gasteiger partial charge in [0, 0.05) is 5.69 Å². The van der Waals surface area contributed by atoms with Gasteiger partial charge in [0.2, 0.25) is 5.95 Å². The van der Waals surface area contributed by atoms with Crippen LogP contribution >= 0.6 is 0 Å². The van der Waals surface area contributed by atoms with Gasteiger partial charge >= 0.3 is 0 Å². The maximum absolute atomic E-state index is 4.48. The Morgan fingerprint density at radius 1 is 0.957 bits per heavy atom. The molecule has 0 spiro atoms. The van der Waals surface area contributed by atoms with E-state index in [0.29, 0.717) is 11.8 Å². The summed E-state index contributed by atoms with van der Waals surface area (Å²) in [6.07, 6.45) is 1.62. The molecule has 3 rings (SSSR count). The first-order valence-corrected chi connectivity index (χ1v) is 7.56. The number of aryl methyl sites for hydroxylation is 1. The van der Waals surface area contributed by atoms with Crippen LogP contribution < -0.4 is 10.6 Å². The SMILES string of the molecule is Cc1ccccc1Nc1cnnc(NC(C)c2ccccc2)n1. The van der Waals surface area contributed by atoms with Crippen molar-refractivity contribution >= 4 is 17.5 Å². The summed E-state index contributed by atoms with van der Waals surface area (Å²) in [7, 11) is 0. The molecule has 3 aromatic rings. The minimum Gasteiger partial charge on any atom is -0.346 e. The second-order valence-corrected chi connectivity index (χ2v) is 5.38. The van der Waals surface area contributed by atoms with E-state index in [4.69, 9.17) is 0 Å². The molecule has 0 radical (unpaired) electrons. The quantitative estimate of drug-likeness (QED) is 0.743. The molecular weight excluding hydrogens is 286 g/mol. The van der Waals surface area contributed by atoms with Gasteiger partial charge in [-0.15, -0.1) is 5.10 Å². The third kappa shape index (κ3) is 3.83. The minimum atomic E-state index is 0.103. The Kier molecular flexibility index (Phi) is 4.47. The minimum absolute atomic E-state index is 0.103. The van der Waals surface area contributed by atoms with Crippen molar-refractivity contribution in [3.8, 4) is 0 Å². The van der Waals surface area contributed by atoms with E-state index in [0.717, 1.165) is 11.3 Å². The smallest absolute Gasteiger partial charge is 0.245 e. The number of aromatic nitrogens is 3. The third-order valence-corrected chi connectivity index (χ3v) is 3.61. The molecule has 2 N–H and O–H groups in total. The summed E-state index contributed by atoms with van der Waals surface area (Å²) < 4.78 is 0. The largest absolute Gasteiger partial charge is 0.346 e. The van der Waals surface area contributed by atoms with Gasteiger partial charge in [-0.25, -0.2) is 0 Å². The number of rotatable bonds is 5. The summed E-state index contributed by atoms with van der Waals surface area (Å²) in [5, 5.41) is 14.6. The lowest BCUT2D eigenvalue weighted by Crippen LogP contribution is -2.11. The standard InChI is InChI=1S/C18H19N5/c1-13-8-6-7-11-16(13)21-17-12-19-23-18(22-17)20-14(2)15-9-4-3-5-10-15/h3-12,14H,1-2H3,(H2,20,21,22,23). The van der Waals surface area contributed by atoms with E-state index < -0.39 is 0 Å². The third-order valence-electron chi connectivity index (χ3n) is 3.61. The summed E-state index contributed by atoms with van der Waals surface area (Å²) in [5.74, 6) is 1.16. The van der Waals surface area contributed by atoms with Gasteiger partial charge in [0.25, 0.3) is 0 Å². The van der Waals surface area contributed by atoms with E-state index in [1.165, 1.54) is 5.56 Å². The molecule has 0 bridgehead atoms. The Morgan fingerprint density at radius 3 is 2.48 bits per heavy atom. The number of para-hydroxylation sites is 1. The number of anilines is 3. The molecule has 1 heterocycles. The molecule has 0 aliphatic heterocycles. The van der Waals surface area contributed by atoms with Crippen LogP contribution in [0.25, 0.3) is 0 Å². The van der Waals surface area contributed by atoms with E-state index in [2.05, 4.69) is 44.9 Å². The molecule has 1 atom stereocenters. The maximum atomic E-state index is 4.48. The Labute approximate surface area is 135 Å². The molecule has 2 aromatic carbocycles. The van der Waals surface area contributed by atoms with Crippen molar-refractivity contribution in [2.45, 2.75) is 19.9 Å². The van der Waals surface area contributed by atoms with Gasteiger partial charge in [-0.3, -0.25) is 0 Å². The molecule has 1 unspecified atom stereocenters. The average Bonchev–Trinajstić information content (AvgIpc) is 2.58. The van der Waals surface area contributed by atoms with Crippen molar-refractivity contribution in [1.29, 1.82) is 0 Å².